The van der Waals surface area contributed by atoms with Gasteiger partial charge in [-0.3, -0.25) is 4.98 Å². The molecule has 11 heteroatoms. The maximum Gasteiger partial charge on any atom is 0.267 e. The smallest absolute Gasteiger partial charge is 0.267 e. The van der Waals surface area contributed by atoms with Gasteiger partial charge < -0.3 is 15.2 Å². The molecule has 0 aromatic carbocycles. The molecule has 2 aliphatic heterocycles. The lowest BCUT2D eigenvalue weighted by Gasteiger charge is -2.44. The molecule has 4 heterocycles. The third kappa shape index (κ3) is 2.86. The summed E-state index contributed by atoms with van der Waals surface area (Å²) in [5.74, 6) is 0.542. The number of methoxy groups -OCH3 is 1. The van der Waals surface area contributed by atoms with Gasteiger partial charge in [-0.1, -0.05) is 11.6 Å². The van der Waals surface area contributed by atoms with Crippen molar-refractivity contribution >= 4 is 38.9 Å². The van der Waals surface area contributed by atoms with Crippen LogP contribution in [0, 0.1) is 0 Å². The molecule has 2 atom stereocenters. The average molecular weight is 443 g/mol. The Bertz CT molecular complexity index is 1060. The van der Waals surface area contributed by atoms with Crippen LogP contribution in [0.3, 0.4) is 0 Å². The topological polar surface area (TPSA) is 107 Å². The van der Waals surface area contributed by atoms with E-state index in [2.05, 4.69) is 9.98 Å². The second-order valence-corrected chi connectivity index (χ2v) is 10.1. The van der Waals surface area contributed by atoms with Gasteiger partial charge >= 0.3 is 0 Å². The van der Waals surface area contributed by atoms with Crippen molar-refractivity contribution in [3.05, 3.63) is 34.4 Å². The monoisotopic (exact) mass is 442 g/mol. The van der Waals surface area contributed by atoms with Gasteiger partial charge in [0.1, 0.15) is 11.3 Å². The number of fused-ring (bicyclic) bond motifs is 1. The molecular weight excluding hydrogens is 424 g/mol. The van der Waals surface area contributed by atoms with Gasteiger partial charge in [0.15, 0.2) is 0 Å². The number of guanidine groups is 1. The minimum absolute atomic E-state index is 0.0733. The molecule has 2 aromatic rings. The van der Waals surface area contributed by atoms with E-state index in [-0.39, 0.29) is 5.96 Å². The molecule has 8 nitrogen and oxygen atoms in total. The Kier molecular flexibility index (Phi) is 4.77. The Morgan fingerprint density at radius 1 is 1.43 bits per heavy atom. The molecule has 0 amide bonds. The molecule has 0 spiro atoms. The van der Waals surface area contributed by atoms with Crippen LogP contribution in [0.5, 0.6) is 5.75 Å². The first kappa shape index (κ1) is 19.4. The average Bonchev–Trinajstić information content (AvgIpc) is 3.09. The lowest BCUT2D eigenvalue weighted by Crippen LogP contribution is -2.59. The zero-order chi connectivity index (χ0) is 20.1. The number of aromatic nitrogens is 1. The van der Waals surface area contributed by atoms with Crippen LogP contribution in [0.2, 0.25) is 5.02 Å². The van der Waals surface area contributed by atoms with Crippen LogP contribution in [-0.2, 0) is 20.3 Å². The number of halogens is 1. The molecular formula is C17H19ClN4O4S2. The SMILES string of the molecule is COc1cncc(-c2cc(Cl)c([C@]34CCCOC3S(=O)(=O)N(C)C(N)=N4)s2)c1. The second kappa shape index (κ2) is 6.87. The van der Waals surface area contributed by atoms with Crippen molar-refractivity contribution in [1.29, 1.82) is 0 Å². The number of hydrogen-bond acceptors (Lipinski definition) is 8. The van der Waals surface area contributed by atoms with E-state index in [9.17, 15) is 8.42 Å². The molecule has 2 aliphatic rings. The van der Waals surface area contributed by atoms with Crippen molar-refractivity contribution in [3.8, 4) is 16.2 Å². The first-order valence-corrected chi connectivity index (χ1v) is 11.2. The van der Waals surface area contributed by atoms with Gasteiger partial charge in [0.25, 0.3) is 10.0 Å². The number of aliphatic imine (C=N–C) groups is 1. The Morgan fingerprint density at radius 2 is 2.21 bits per heavy atom. The third-order valence-corrected chi connectivity index (χ3v) is 8.74. The summed E-state index contributed by atoms with van der Waals surface area (Å²) in [6.45, 7) is 0.338. The summed E-state index contributed by atoms with van der Waals surface area (Å²) in [6, 6.07) is 3.63. The summed E-state index contributed by atoms with van der Waals surface area (Å²) in [6.07, 6.45) is 4.43. The summed E-state index contributed by atoms with van der Waals surface area (Å²) >= 11 is 7.94. The first-order chi connectivity index (χ1) is 13.3. The van der Waals surface area contributed by atoms with Crippen LogP contribution >= 0.6 is 22.9 Å². The zero-order valence-corrected chi connectivity index (χ0v) is 17.6. The fraction of sp³-hybridized carbons (Fsp3) is 0.412. The molecule has 1 saturated heterocycles. The standard InChI is InChI=1S/C17H19ClN4O4S2/c1-22-16(19)21-17(4-3-5-26-15(17)28(22,23)24)14-12(18)7-13(27-14)10-6-11(25-2)9-20-8-10/h6-9,15H,3-5H2,1-2H3,(H2,19,21)/t15?,17-/m1/s1. The summed E-state index contributed by atoms with van der Waals surface area (Å²) in [7, 11) is -0.889. The van der Waals surface area contributed by atoms with E-state index in [4.69, 9.17) is 26.8 Å². The minimum Gasteiger partial charge on any atom is -0.495 e. The van der Waals surface area contributed by atoms with E-state index >= 15 is 0 Å². The van der Waals surface area contributed by atoms with Crippen molar-refractivity contribution in [2.75, 3.05) is 20.8 Å². The van der Waals surface area contributed by atoms with Crippen LogP contribution in [0.15, 0.2) is 29.5 Å². The molecule has 1 unspecified atom stereocenters. The van der Waals surface area contributed by atoms with Gasteiger partial charge in [-0.25, -0.2) is 17.7 Å². The van der Waals surface area contributed by atoms with Crippen LogP contribution < -0.4 is 10.5 Å². The van der Waals surface area contributed by atoms with Crippen LogP contribution in [0.4, 0.5) is 0 Å². The molecule has 4 rings (SSSR count). The fourth-order valence-electron chi connectivity index (χ4n) is 3.52. The number of nitrogens with two attached hydrogens (primary N) is 1. The molecule has 0 radical (unpaired) electrons. The Hall–Kier alpha value is -1.88. The zero-order valence-electron chi connectivity index (χ0n) is 15.3. The van der Waals surface area contributed by atoms with Gasteiger partial charge in [0.05, 0.1) is 23.2 Å². The third-order valence-electron chi connectivity index (χ3n) is 4.96. The van der Waals surface area contributed by atoms with Crippen LogP contribution in [-0.4, -0.2) is 49.9 Å². The molecule has 150 valence electrons. The second-order valence-electron chi connectivity index (χ2n) is 6.61. The van der Waals surface area contributed by atoms with E-state index in [0.717, 1.165) is 14.7 Å². The molecule has 1 fully saturated rings. The van der Waals surface area contributed by atoms with E-state index in [1.165, 1.54) is 18.4 Å². The lowest BCUT2D eigenvalue weighted by molar-refractivity contribution is 0.00334. The highest BCUT2D eigenvalue weighted by molar-refractivity contribution is 7.90. The maximum atomic E-state index is 13.0. The number of nitrogens with zero attached hydrogens (tertiary/aromatic N) is 3. The predicted octanol–water partition coefficient (Wildman–Crippen LogP) is 2.39. The summed E-state index contributed by atoms with van der Waals surface area (Å²) < 4.78 is 37.9. The quantitative estimate of drug-likeness (QED) is 0.782. The molecule has 0 aliphatic carbocycles. The van der Waals surface area contributed by atoms with Gasteiger partial charge in [-0.2, -0.15) is 0 Å². The van der Waals surface area contributed by atoms with Crippen molar-refractivity contribution in [1.82, 2.24) is 9.29 Å². The maximum absolute atomic E-state index is 13.0. The van der Waals surface area contributed by atoms with Crippen molar-refractivity contribution in [3.63, 3.8) is 0 Å². The van der Waals surface area contributed by atoms with Crippen molar-refractivity contribution in [2.45, 2.75) is 23.8 Å². The number of pyridine rings is 1. The lowest BCUT2D eigenvalue weighted by atomic mass is 9.90. The first-order valence-electron chi connectivity index (χ1n) is 8.53. The highest BCUT2D eigenvalue weighted by atomic mass is 35.5. The Balaban J connectivity index is 1.88. The van der Waals surface area contributed by atoms with E-state index in [1.807, 2.05) is 6.07 Å². The Morgan fingerprint density at radius 3 is 2.96 bits per heavy atom. The van der Waals surface area contributed by atoms with Gasteiger partial charge in [0.2, 0.25) is 11.4 Å². The number of sulfonamides is 1. The number of hydrogen-bond donors (Lipinski definition) is 1. The highest BCUT2D eigenvalue weighted by Crippen LogP contribution is 2.51. The fourth-order valence-corrected chi connectivity index (χ4v) is 6.90. The predicted molar refractivity (Wildman–Crippen MR) is 108 cm³/mol. The molecule has 0 saturated carbocycles. The number of ether oxygens (including phenoxy) is 2. The number of thiophene rings is 1. The normalized spacial score (nSPS) is 26.5. The molecule has 2 aromatic heterocycles. The summed E-state index contributed by atoms with van der Waals surface area (Å²) in [4.78, 5) is 10.2. The van der Waals surface area contributed by atoms with E-state index in [0.29, 0.717) is 35.1 Å². The largest absolute Gasteiger partial charge is 0.495 e. The Labute approximate surface area is 172 Å². The van der Waals surface area contributed by atoms with E-state index in [1.54, 1.807) is 25.6 Å². The molecule has 2 N–H and O–H groups in total. The summed E-state index contributed by atoms with van der Waals surface area (Å²) in [5.41, 5.74) is 4.45. The van der Waals surface area contributed by atoms with Crippen molar-refractivity contribution in [2.24, 2.45) is 10.7 Å². The van der Waals surface area contributed by atoms with Gasteiger partial charge in [-0.15, -0.1) is 11.3 Å². The highest BCUT2D eigenvalue weighted by Gasteiger charge is 2.57. The van der Waals surface area contributed by atoms with Crippen LogP contribution in [0.25, 0.3) is 10.4 Å². The number of rotatable bonds is 3. The van der Waals surface area contributed by atoms with Gasteiger partial charge in [0, 0.05) is 30.3 Å². The summed E-state index contributed by atoms with van der Waals surface area (Å²) in [5, 5.41) is 0.426. The van der Waals surface area contributed by atoms with Gasteiger partial charge in [-0.05, 0) is 25.0 Å². The minimum atomic E-state index is -3.83. The van der Waals surface area contributed by atoms with E-state index < -0.39 is 21.0 Å². The molecule has 28 heavy (non-hydrogen) atoms. The van der Waals surface area contributed by atoms with Crippen molar-refractivity contribution < 1.29 is 17.9 Å². The molecule has 0 bridgehead atoms. The van der Waals surface area contributed by atoms with Crippen LogP contribution in [0.1, 0.15) is 17.7 Å².